The second-order valence-corrected chi connectivity index (χ2v) is 13.0. The number of rotatable bonds is 6. The highest BCUT2D eigenvalue weighted by molar-refractivity contribution is 6.12. The van der Waals surface area contributed by atoms with Crippen LogP contribution in [0.1, 0.15) is 70.1 Å². The van der Waals surface area contributed by atoms with Crippen LogP contribution in [0.5, 0.6) is 0 Å². The highest BCUT2D eigenvalue weighted by atomic mass is 15.4. The van der Waals surface area contributed by atoms with Crippen molar-refractivity contribution in [3.63, 3.8) is 0 Å². The van der Waals surface area contributed by atoms with Crippen LogP contribution in [-0.2, 0) is 5.54 Å². The molecule has 0 radical (unpaired) electrons. The van der Waals surface area contributed by atoms with Crippen molar-refractivity contribution < 1.29 is 0 Å². The molecule has 2 aromatic heterocycles. The maximum Gasteiger partial charge on any atom is 0.145 e. The van der Waals surface area contributed by atoms with Crippen molar-refractivity contribution in [2.24, 2.45) is 0 Å². The molecule has 0 spiro atoms. The smallest absolute Gasteiger partial charge is 0.145 e. The van der Waals surface area contributed by atoms with Gasteiger partial charge in [0.25, 0.3) is 0 Å². The summed E-state index contributed by atoms with van der Waals surface area (Å²) in [4.78, 5) is 9.89. The summed E-state index contributed by atoms with van der Waals surface area (Å²) in [6.07, 6.45) is 6.51. The third-order valence-electron chi connectivity index (χ3n) is 9.33. The Morgan fingerprint density at radius 2 is 1.40 bits per heavy atom. The second kappa shape index (κ2) is 10.3. The average Bonchev–Trinajstić information content (AvgIpc) is 3.70. The van der Waals surface area contributed by atoms with E-state index < -0.39 is 0 Å². The lowest BCUT2D eigenvalue weighted by atomic mass is 9.87. The van der Waals surface area contributed by atoms with Crippen LogP contribution >= 0.6 is 0 Å². The minimum absolute atomic E-state index is 0.221. The summed E-state index contributed by atoms with van der Waals surface area (Å²) in [5, 5.41) is 3.67. The van der Waals surface area contributed by atoms with Crippen molar-refractivity contribution in [2.75, 3.05) is 11.6 Å². The Labute approximate surface area is 254 Å². The quantitative estimate of drug-likeness (QED) is 0.188. The van der Waals surface area contributed by atoms with E-state index in [1.807, 2.05) is 0 Å². The molecule has 0 atom stereocenters. The van der Waals surface area contributed by atoms with E-state index in [2.05, 4.69) is 165 Å². The van der Waals surface area contributed by atoms with E-state index in [-0.39, 0.29) is 5.54 Å². The van der Waals surface area contributed by atoms with Gasteiger partial charge in [0.05, 0.1) is 29.6 Å². The van der Waals surface area contributed by atoms with Gasteiger partial charge in [-0.15, -0.1) is 0 Å². The molecule has 1 aliphatic rings. The third-order valence-corrected chi connectivity index (χ3v) is 9.33. The maximum absolute atomic E-state index is 5.17. The highest BCUT2D eigenvalue weighted by Gasteiger charge is 2.31. The Kier molecular flexibility index (Phi) is 6.54. The van der Waals surface area contributed by atoms with Crippen LogP contribution in [0.4, 0.5) is 5.69 Å². The number of anilines is 1. The van der Waals surface area contributed by atoms with Gasteiger partial charge in [0.15, 0.2) is 0 Å². The molecule has 0 saturated heterocycles. The van der Waals surface area contributed by atoms with Gasteiger partial charge in [-0.2, -0.15) is 0 Å². The van der Waals surface area contributed by atoms with Crippen molar-refractivity contribution in [2.45, 2.75) is 58.9 Å². The first-order chi connectivity index (χ1) is 20.8. The molecule has 216 valence electrons. The van der Waals surface area contributed by atoms with Crippen LogP contribution in [0.15, 0.2) is 110 Å². The molecule has 0 fully saturated rings. The molecule has 0 unspecified atom stereocenters. The van der Waals surface area contributed by atoms with E-state index in [9.17, 15) is 0 Å². The maximum atomic E-state index is 5.17. The van der Waals surface area contributed by atoms with E-state index in [1.54, 1.807) is 0 Å². The van der Waals surface area contributed by atoms with Crippen LogP contribution < -0.4 is 4.90 Å². The Hall–Kier alpha value is -4.57. The standard InChI is InChI=1S/C39H40N4/c1-26(2)30-16-12-17-31(27(3)4)37(30)36-24-40-38-34-23-28(19-20-32(34)33-15-10-11-18-35(33)43(36)38)39(5,6)42-22-21-41(25-42)29-13-8-7-9-14-29/h7-24,26-27H,25H2,1-6H3. The molecule has 1 aliphatic heterocycles. The minimum atomic E-state index is -0.221. The molecule has 0 amide bonds. The molecule has 0 saturated carbocycles. The summed E-state index contributed by atoms with van der Waals surface area (Å²) < 4.78 is 2.41. The van der Waals surface area contributed by atoms with Gasteiger partial charge in [-0.3, -0.25) is 4.40 Å². The van der Waals surface area contributed by atoms with Crippen LogP contribution in [0.2, 0.25) is 0 Å². The average molecular weight is 565 g/mol. The van der Waals surface area contributed by atoms with Gasteiger partial charge >= 0.3 is 0 Å². The largest absolute Gasteiger partial charge is 0.349 e. The first kappa shape index (κ1) is 27.3. The fourth-order valence-electron chi connectivity index (χ4n) is 6.79. The summed E-state index contributed by atoms with van der Waals surface area (Å²) in [6.45, 7) is 14.6. The van der Waals surface area contributed by atoms with E-state index >= 15 is 0 Å². The molecule has 4 aromatic carbocycles. The number of para-hydroxylation sites is 2. The Morgan fingerprint density at radius 3 is 2.12 bits per heavy atom. The Bertz CT molecular complexity index is 1970. The molecule has 4 heteroatoms. The lowest BCUT2D eigenvalue weighted by molar-refractivity contribution is 0.202. The van der Waals surface area contributed by atoms with E-state index in [0.717, 1.165) is 12.3 Å². The lowest BCUT2D eigenvalue weighted by Crippen LogP contribution is -2.39. The van der Waals surface area contributed by atoms with E-state index in [1.165, 1.54) is 55.3 Å². The SMILES string of the molecule is CC(C)c1cccc(C(C)C)c1-c1cnc2c3cc(C(C)(C)N4C=CN(c5ccccc5)C4)ccc3c3ccccc3n12. The lowest BCUT2D eigenvalue weighted by Gasteiger charge is -2.37. The molecule has 7 rings (SSSR count). The normalized spacial score (nSPS) is 14.0. The summed E-state index contributed by atoms with van der Waals surface area (Å²) in [6, 6.07) is 33.2. The van der Waals surface area contributed by atoms with Gasteiger partial charge < -0.3 is 9.80 Å². The number of fused-ring (bicyclic) bond motifs is 6. The van der Waals surface area contributed by atoms with Gasteiger partial charge in [-0.05, 0) is 72.0 Å². The third kappa shape index (κ3) is 4.39. The fourth-order valence-corrected chi connectivity index (χ4v) is 6.79. The fraction of sp³-hybridized carbons (Fsp3) is 0.256. The molecular weight excluding hydrogens is 524 g/mol. The van der Waals surface area contributed by atoms with Crippen molar-refractivity contribution in [3.8, 4) is 11.3 Å². The number of aromatic nitrogens is 2. The monoisotopic (exact) mass is 564 g/mol. The predicted molar refractivity (Wildman–Crippen MR) is 182 cm³/mol. The van der Waals surface area contributed by atoms with Gasteiger partial charge in [0.1, 0.15) is 5.65 Å². The van der Waals surface area contributed by atoms with Crippen LogP contribution in [-0.4, -0.2) is 21.0 Å². The zero-order chi connectivity index (χ0) is 29.9. The molecule has 0 N–H and O–H groups in total. The first-order valence-electron chi connectivity index (χ1n) is 15.5. The van der Waals surface area contributed by atoms with E-state index in [0.29, 0.717) is 11.8 Å². The van der Waals surface area contributed by atoms with Gasteiger partial charge in [-0.1, -0.05) is 94.4 Å². The topological polar surface area (TPSA) is 23.8 Å². The van der Waals surface area contributed by atoms with Crippen LogP contribution in [0.25, 0.3) is 38.6 Å². The van der Waals surface area contributed by atoms with Crippen LogP contribution in [0, 0.1) is 0 Å². The molecule has 4 nitrogen and oxygen atoms in total. The Morgan fingerprint density at radius 1 is 0.698 bits per heavy atom. The van der Waals surface area contributed by atoms with Gasteiger partial charge in [0, 0.05) is 34.4 Å². The first-order valence-corrected chi connectivity index (χ1v) is 15.5. The van der Waals surface area contributed by atoms with Crippen molar-refractivity contribution in [3.05, 3.63) is 126 Å². The van der Waals surface area contributed by atoms with Crippen molar-refractivity contribution >= 4 is 33.0 Å². The van der Waals surface area contributed by atoms with Crippen molar-refractivity contribution in [1.29, 1.82) is 0 Å². The summed E-state index contributed by atoms with van der Waals surface area (Å²) >= 11 is 0. The molecule has 3 heterocycles. The second-order valence-electron chi connectivity index (χ2n) is 13.0. The number of benzene rings is 4. The molecule has 0 aliphatic carbocycles. The Balaban J connectivity index is 1.42. The summed E-state index contributed by atoms with van der Waals surface area (Å²) in [5.74, 6) is 0.810. The molecule has 43 heavy (non-hydrogen) atoms. The number of hydrogen-bond donors (Lipinski definition) is 0. The van der Waals surface area contributed by atoms with Gasteiger partial charge in [0.2, 0.25) is 0 Å². The molecular formula is C39H40N4. The molecule has 6 aromatic rings. The highest BCUT2D eigenvalue weighted by Crippen LogP contribution is 2.41. The zero-order valence-electron chi connectivity index (χ0n) is 26.0. The van der Waals surface area contributed by atoms with Crippen molar-refractivity contribution in [1.82, 2.24) is 14.3 Å². The van der Waals surface area contributed by atoms with Crippen LogP contribution in [0.3, 0.4) is 0 Å². The number of pyridine rings is 1. The summed E-state index contributed by atoms with van der Waals surface area (Å²) in [7, 11) is 0. The predicted octanol–water partition coefficient (Wildman–Crippen LogP) is 10.0. The van der Waals surface area contributed by atoms with E-state index in [4.69, 9.17) is 4.98 Å². The number of nitrogens with zero attached hydrogens (tertiary/aromatic N) is 4. The number of imidazole rings is 1. The minimum Gasteiger partial charge on any atom is -0.349 e. The molecule has 0 bridgehead atoms. The zero-order valence-corrected chi connectivity index (χ0v) is 26.0. The summed E-state index contributed by atoms with van der Waals surface area (Å²) in [5.41, 5.74) is 9.70. The van der Waals surface area contributed by atoms with Gasteiger partial charge in [-0.25, -0.2) is 4.98 Å². The number of hydrogen-bond acceptors (Lipinski definition) is 3.